The molecule has 1 fully saturated rings. The zero-order valence-corrected chi connectivity index (χ0v) is 12.7. The molecule has 1 aliphatic rings. The molecule has 126 valence electrons. The van der Waals surface area contributed by atoms with E-state index in [1.807, 2.05) is 22.4 Å². The molecule has 9 nitrogen and oxygen atoms in total. The average molecular weight is 331 g/mol. The van der Waals surface area contributed by atoms with Crippen LogP contribution in [0.3, 0.4) is 0 Å². The highest BCUT2D eigenvalue weighted by molar-refractivity contribution is 5.84. The van der Waals surface area contributed by atoms with Gasteiger partial charge in [0.2, 0.25) is 0 Å². The topological polar surface area (TPSA) is 141 Å². The van der Waals surface area contributed by atoms with Crippen LogP contribution in [-0.2, 0) is 0 Å². The van der Waals surface area contributed by atoms with Gasteiger partial charge in [0.05, 0.1) is 0 Å². The summed E-state index contributed by atoms with van der Waals surface area (Å²) in [6.45, 7) is 2.24. The summed E-state index contributed by atoms with van der Waals surface area (Å²) in [6.07, 6.45) is 10.8. The van der Waals surface area contributed by atoms with Crippen molar-refractivity contribution in [2.75, 3.05) is 13.1 Å². The maximum atomic E-state index is 10.5. The number of aromatic carboxylic acids is 1. The predicted molar refractivity (Wildman–Crippen MR) is 86.7 cm³/mol. The van der Waals surface area contributed by atoms with Crippen molar-refractivity contribution >= 4 is 12.0 Å². The van der Waals surface area contributed by atoms with Crippen molar-refractivity contribution in [1.82, 2.24) is 25.3 Å². The summed E-state index contributed by atoms with van der Waals surface area (Å²) in [4.78, 5) is 42.8. The first-order valence-corrected chi connectivity index (χ1v) is 7.25. The Labute approximate surface area is 136 Å². The molecule has 0 amide bonds. The second-order valence-corrected chi connectivity index (χ2v) is 5.09. The molecule has 2 aromatic rings. The Balaban J connectivity index is 0.000000177. The van der Waals surface area contributed by atoms with E-state index in [0.717, 1.165) is 24.7 Å². The first-order valence-electron chi connectivity index (χ1n) is 7.25. The highest BCUT2D eigenvalue weighted by atomic mass is 16.4. The maximum Gasteiger partial charge on any atom is 0.352 e. The Kier molecular flexibility index (Phi) is 6.15. The minimum atomic E-state index is -1.34. The summed E-state index contributed by atoms with van der Waals surface area (Å²) < 4.78 is 0. The first-order chi connectivity index (χ1) is 11.5. The van der Waals surface area contributed by atoms with Crippen molar-refractivity contribution in [3.8, 4) is 0 Å². The number of aromatic nitrogens is 4. The van der Waals surface area contributed by atoms with Crippen LogP contribution in [0.5, 0.6) is 0 Å². The number of nitrogens with zero attached hydrogens (tertiary/aromatic N) is 2. The number of carboxylic acid groups (broad SMARTS) is 1. The summed E-state index contributed by atoms with van der Waals surface area (Å²) in [5, 5.41) is 11.6. The fourth-order valence-electron chi connectivity index (χ4n) is 2.07. The number of hydrogen-bond donors (Lipinski definition) is 4. The third-order valence-corrected chi connectivity index (χ3v) is 3.23. The zero-order chi connectivity index (χ0) is 17.4. The number of H-pyrrole nitrogens is 2. The standard InChI is InChI=1S/C10H13N3.C5H4N2O4/c1(9-3-4-11-5-9)2-10-6-12-8-13-7-10;8-3-1-2(4(9)10)6-5(11)7-3/h1-2,6-9,11H,3-5H2;1H,(H,9,10)(H2,6,7,8,11)/b2-1+;/t9-;/m0./s1. The van der Waals surface area contributed by atoms with Gasteiger partial charge in [0, 0.05) is 30.6 Å². The molecule has 4 N–H and O–H groups in total. The molecule has 1 aliphatic heterocycles. The lowest BCUT2D eigenvalue weighted by molar-refractivity contribution is 0.0689. The minimum absolute atomic E-state index is 0.418. The fourth-order valence-corrected chi connectivity index (χ4v) is 2.07. The molecule has 2 aromatic heterocycles. The normalized spacial score (nSPS) is 16.6. The van der Waals surface area contributed by atoms with Gasteiger partial charge in [0.1, 0.15) is 12.0 Å². The van der Waals surface area contributed by atoms with E-state index >= 15 is 0 Å². The Bertz CT molecular complexity index is 778. The molecule has 24 heavy (non-hydrogen) atoms. The van der Waals surface area contributed by atoms with Crippen LogP contribution in [0, 0.1) is 5.92 Å². The van der Waals surface area contributed by atoms with Gasteiger partial charge >= 0.3 is 11.7 Å². The SMILES string of the molecule is C(=C\[C@H]1CCNC1)/c1cncnc1.O=C(O)c1cc(=O)[nH]c(=O)[nH]1. The lowest BCUT2D eigenvalue weighted by Crippen LogP contribution is -2.24. The number of carbonyl (C=O) groups is 1. The van der Waals surface area contributed by atoms with Crippen LogP contribution in [0.2, 0.25) is 0 Å². The number of nitrogens with one attached hydrogen (secondary N) is 3. The largest absolute Gasteiger partial charge is 0.477 e. The van der Waals surface area contributed by atoms with Gasteiger partial charge in [-0.2, -0.15) is 0 Å². The predicted octanol–water partition coefficient (Wildman–Crippen LogP) is -0.139. The molecule has 0 aromatic carbocycles. The lowest BCUT2D eigenvalue weighted by atomic mass is 10.1. The van der Waals surface area contributed by atoms with Crippen LogP contribution in [0.25, 0.3) is 6.08 Å². The second kappa shape index (κ2) is 8.53. The maximum absolute atomic E-state index is 10.5. The first kappa shape index (κ1) is 17.3. The molecule has 3 rings (SSSR count). The Morgan fingerprint density at radius 1 is 1.25 bits per heavy atom. The van der Waals surface area contributed by atoms with Crippen LogP contribution in [-0.4, -0.2) is 44.1 Å². The molecule has 1 saturated heterocycles. The fraction of sp³-hybridized carbons (Fsp3) is 0.267. The van der Waals surface area contributed by atoms with E-state index < -0.39 is 22.9 Å². The van der Waals surface area contributed by atoms with Crippen LogP contribution in [0.1, 0.15) is 22.5 Å². The number of hydrogen-bond acceptors (Lipinski definition) is 6. The highest BCUT2D eigenvalue weighted by Crippen LogP contribution is 2.10. The van der Waals surface area contributed by atoms with E-state index in [-0.39, 0.29) is 0 Å². The average Bonchev–Trinajstić information content (AvgIpc) is 3.07. The van der Waals surface area contributed by atoms with Crippen molar-refractivity contribution in [3.05, 3.63) is 63.0 Å². The van der Waals surface area contributed by atoms with Crippen molar-refractivity contribution in [2.24, 2.45) is 5.92 Å². The van der Waals surface area contributed by atoms with E-state index in [4.69, 9.17) is 5.11 Å². The minimum Gasteiger partial charge on any atom is -0.477 e. The number of carboxylic acids is 1. The summed E-state index contributed by atoms with van der Waals surface area (Å²) in [7, 11) is 0. The van der Waals surface area contributed by atoms with E-state index in [2.05, 4.69) is 27.4 Å². The van der Waals surface area contributed by atoms with Crippen LogP contribution >= 0.6 is 0 Å². The molecule has 0 radical (unpaired) electrons. The summed E-state index contributed by atoms with van der Waals surface area (Å²) in [5.74, 6) is -0.659. The van der Waals surface area contributed by atoms with Gasteiger partial charge in [-0.3, -0.25) is 9.78 Å². The quantitative estimate of drug-likeness (QED) is 0.613. The van der Waals surface area contributed by atoms with E-state index in [0.29, 0.717) is 5.92 Å². The van der Waals surface area contributed by atoms with Gasteiger partial charge in [-0.1, -0.05) is 12.2 Å². The molecule has 3 heterocycles. The second-order valence-electron chi connectivity index (χ2n) is 5.09. The third kappa shape index (κ3) is 5.61. The molecule has 0 bridgehead atoms. The molecule has 9 heteroatoms. The van der Waals surface area contributed by atoms with Crippen molar-refractivity contribution in [3.63, 3.8) is 0 Å². The van der Waals surface area contributed by atoms with Gasteiger partial charge in [0.25, 0.3) is 5.56 Å². The van der Waals surface area contributed by atoms with Gasteiger partial charge in [-0.25, -0.2) is 19.6 Å². The number of rotatable bonds is 3. The van der Waals surface area contributed by atoms with Crippen LogP contribution < -0.4 is 16.6 Å². The van der Waals surface area contributed by atoms with Crippen molar-refractivity contribution < 1.29 is 9.90 Å². The molecule has 1 atom stereocenters. The summed E-state index contributed by atoms with van der Waals surface area (Å²) >= 11 is 0. The Hall–Kier alpha value is -3.07. The molecular formula is C15H17N5O4. The molecule has 0 spiro atoms. The van der Waals surface area contributed by atoms with Gasteiger partial charge in [-0.15, -0.1) is 0 Å². The lowest BCUT2D eigenvalue weighted by Gasteiger charge is -1.98. The molecular weight excluding hydrogens is 314 g/mol. The molecule has 0 aliphatic carbocycles. The highest BCUT2D eigenvalue weighted by Gasteiger charge is 2.09. The smallest absolute Gasteiger partial charge is 0.352 e. The number of aromatic amines is 2. The summed E-state index contributed by atoms with van der Waals surface area (Å²) in [5.41, 5.74) is -0.894. The molecule has 0 saturated carbocycles. The van der Waals surface area contributed by atoms with Crippen LogP contribution in [0.15, 0.2) is 40.5 Å². The van der Waals surface area contributed by atoms with Gasteiger partial charge < -0.3 is 15.4 Å². The van der Waals surface area contributed by atoms with Gasteiger partial charge in [-0.05, 0) is 18.9 Å². The van der Waals surface area contributed by atoms with E-state index in [1.54, 1.807) is 6.33 Å². The van der Waals surface area contributed by atoms with Crippen LogP contribution in [0.4, 0.5) is 0 Å². The third-order valence-electron chi connectivity index (χ3n) is 3.23. The monoisotopic (exact) mass is 331 g/mol. The van der Waals surface area contributed by atoms with Crippen molar-refractivity contribution in [2.45, 2.75) is 6.42 Å². The van der Waals surface area contributed by atoms with Gasteiger partial charge in [0.15, 0.2) is 0 Å². The zero-order valence-electron chi connectivity index (χ0n) is 12.7. The summed E-state index contributed by atoms with van der Waals surface area (Å²) in [6, 6.07) is 0.795. The Morgan fingerprint density at radius 2 is 2.00 bits per heavy atom. The molecule has 0 unspecified atom stereocenters. The van der Waals surface area contributed by atoms with E-state index in [9.17, 15) is 14.4 Å². The Morgan fingerprint density at radius 3 is 2.58 bits per heavy atom. The van der Waals surface area contributed by atoms with E-state index in [1.165, 1.54) is 6.42 Å². The van der Waals surface area contributed by atoms with Crippen molar-refractivity contribution in [1.29, 1.82) is 0 Å².